The quantitative estimate of drug-likeness (QED) is 0.879. The van der Waals surface area contributed by atoms with E-state index in [9.17, 15) is 8.42 Å². The van der Waals surface area contributed by atoms with E-state index in [2.05, 4.69) is 15.3 Å². The van der Waals surface area contributed by atoms with E-state index >= 15 is 0 Å². The predicted molar refractivity (Wildman–Crippen MR) is 95.7 cm³/mol. The average Bonchev–Trinajstić information content (AvgIpc) is 3.03. The number of anilines is 1. The molecule has 2 aromatic heterocycles. The average molecular weight is 367 g/mol. The van der Waals surface area contributed by atoms with Gasteiger partial charge in [0.1, 0.15) is 15.7 Å². The van der Waals surface area contributed by atoms with Gasteiger partial charge in [-0.2, -0.15) is 4.31 Å². The lowest BCUT2D eigenvalue weighted by molar-refractivity contribution is 0.346. The van der Waals surface area contributed by atoms with Gasteiger partial charge in [0.25, 0.3) is 0 Å². The third-order valence-corrected chi connectivity index (χ3v) is 7.04. The van der Waals surface area contributed by atoms with E-state index in [1.807, 2.05) is 20.0 Å². The second kappa shape index (κ2) is 7.16. The maximum Gasteiger partial charge on any atom is 0.244 e. The third-order valence-electron chi connectivity index (χ3n) is 4.06. The summed E-state index contributed by atoms with van der Waals surface area (Å²) < 4.78 is 26.8. The summed E-state index contributed by atoms with van der Waals surface area (Å²) >= 11 is 1.64. The van der Waals surface area contributed by atoms with Gasteiger partial charge in [-0.15, -0.1) is 11.3 Å². The topological polar surface area (TPSA) is 75.2 Å². The number of aryl methyl sites for hydroxylation is 1. The van der Waals surface area contributed by atoms with Crippen LogP contribution < -0.4 is 5.32 Å². The number of piperidine rings is 1. The monoisotopic (exact) mass is 366 g/mol. The minimum absolute atomic E-state index is 0.0285. The van der Waals surface area contributed by atoms with Crippen molar-refractivity contribution in [1.82, 2.24) is 14.3 Å². The maximum atomic E-state index is 12.6. The van der Waals surface area contributed by atoms with Crippen molar-refractivity contribution in [3.8, 4) is 0 Å². The zero-order chi connectivity index (χ0) is 17.2. The summed E-state index contributed by atoms with van der Waals surface area (Å²) in [4.78, 5) is 10.0. The molecule has 2 aromatic rings. The van der Waals surface area contributed by atoms with Gasteiger partial charge < -0.3 is 5.32 Å². The lowest BCUT2D eigenvalue weighted by Gasteiger charge is -2.25. The highest BCUT2D eigenvalue weighted by atomic mass is 32.2. The van der Waals surface area contributed by atoms with Crippen molar-refractivity contribution < 1.29 is 8.42 Å². The van der Waals surface area contributed by atoms with Gasteiger partial charge in [-0.25, -0.2) is 18.4 Å². The van der Waals surface area contributed by atoms with Crippen molar-refractivity contribution >= 4 is 27.2 Å². The molecule has 0 aromatic carbocycles. The third kappa shape index (κ3) is 3.76. The smallest absolute Gasteiger partial charge is 0.244 e. The first kappa shape index (κ1) is 17.3. The molecule has 0 spiro atoms. The molecule has 130 valence electrons. The lowest BCUT2D eigenvalue weighted by atomic mass is 10.2. The van der Waals surface area contributed by atoms with Gasteiger partial charge in [0.2, 0.25) is 10.0 Å². The molecule has 1 saturated heterocycles. The van der Waals surface area contributed by atoms with Gasteiger partial charge >= 0.3 is 0 Å². The highest BCUT2D eigenvalue weighted by molar-refractivity contribution is 7.89. The molecule has 3 heterocycles. The number of thiazole rings is 1. The van der Waals surface area contributed by atoms with Crippen molar-refractivity contribution in [2.45, 2.75) is 44.0 Å². The molecule has 1 N–H and O–H groups in total. The minimum Gasteiger partial charge on any atom is -0.361 e. The fourth-order valence-electron chi connectivity index (χ4n) is 2.73. The number of hydrogen-bond acceptors (Lipinski definition) is 6. The van der Waals surface area contributed by atoms with Crippen molar-refractivity contribution in [3.63, 3.8) is 0 Å². The molecule has 1 atom stereocenters. The number of rotatable bonds is 5. The second-order valence-electron chi connectivity index (χ2n) is 6.02. The Morgan fingerprint density at radius 2 is 1.92 bits per heavy atom. The summed E-state index contributed by atoms with van der Waals surface area (Å²) in [6.07, 6.45) is 6.24. The van der Waals surface area contributed by atoms with Crippen LogP contribution in [0.15, 0.2) is 29.4 Å². The number of hydrogen-bond donors (Lipinski definition) is 1. The molecule has 0 radical (unpaired) electrons. The van der Waals surface area contributed by atoms with E-state index < -0.39 is 10.0 Å². The van der Waals surface area contributed by atoms with E-state index in [0.29, 0.717) is 18.9 Å². The van der Waals surface area contributed by atoms with Crippen LogP contribution in [0.25, 0.3) is 0 Å². The Morgan fingerprint density at radius 1 is 1.17 bits per heavy atom. The van der Waals surface area contributed by atoms with Gasteiger partial charge in [-0.3, -0.25) is 0 Å². The van der Waals surface area contributed by atoms with Crippen LogP contribution >= 0.6 is 11.3 Å². The molecule has 3 rings (SSSR count). The predicted octanol–water partition coefficient (Wildman–Crippen LogP) is 3.19. The largest absolute Gasteiger partial charge is 0.361 e. The summed E-state index contributed by atoms with van der Waals surface area (Å²) in [6, 6.07) is 3.37. The van der Waals surface area contributed by atoms with Crippen LogP contribution in [0.1, 0.15) is 42.1 Å². The summed E-state index contributed by atoms with van der Waals surface area (Å²) in [7, 11) is -3.42. The van der Waals surface area contributed by atoms with E-state index in [-0.39, 0.29) is 10.9 Å². The Bertz CT molecular complexity index is 781. The molecule has 8 heteroatoms. The number of nitrogens with zero attached hydrogens (tertiary/aromatic N) is 3. The van der Waals surface area contributed by atoms with Crippen LogP contribution in [0, 0.1) is 6.92 Å². The summed E-state index contributed by atoms with van der Waals surface area (Å²) in [6.45, 7) is 5.23. The van der Waals surface area contributed by atoms with Crippen molar-refractivity contribution in [2.75, 3.05) is 18.4 Å². The molecule has 1 aliphatic rings. The fraction of sp³-hybridized carbons (Fsp3) is 0.500. The summed E-state index contributed by atoms with van der Waals surface area (Å²) in [5.41, 5.74) is 0. The van der Waals surface area contributed by atoms with Gasteiger partial charge in [-0.05, 0) is 38.8 Å². The Morgan fingerprint density at radius 3 is 2.50 bits per heavy atom. The SMILES string of the molecule is Cc1cnc(C(C)Nc2ccc(S(=O)(=O)N3CCCCC3)cn2)s1. The van der Waals surface area contributed by atoms with Crippen LogP contribution in [0.2, 0.25) is 0 Å². The standard InChI is InChI=1S/C16H22N4O2S2/c1-12-10-18-16(23-12)13(2)19-15-7-6-14(11-17-15)24(21,22)20-8-4-3-5-9-20/h6-7,10-11,13H,3-5,8-9H2,1-2H3,(H,17,19). The highest BCUT2D eigenvalue weighted by Gasteiger charge is 2.26. The van der Waals surface area contributed by atoms with E-state index in [4.69, 9.17) is 0 Å². The number of sulfonamides is 1. The minimum atomic E-state index is -3.42. The second-order valence-corrected chi connectivity index (χ2v) is 9.22. The molecule has 1 unspecified atom stereocenters. The fourth-order valence-corrected chi connectivity index (χ4v) is 4.97. The van der Waals surface area contributed by atoms with E-state index in [1.165, 1.54) is 6.20 Å². The maximum absolute atomic E-state index is 12.6. The normalized spacial score (nSPS) is 17.6. The van der Waals surface area contributed by atoms with Crippen molar-refractivity contribution in [3.05, 3.63) is 34.4 Å². The number of nitrogens with one attached hydrogen (secondary N) is 1. The Kier molecular flexibility index (Phi) is 5.17. The number of aromatic nitrogens is 2. The molecular formula is C16H22N4O2S2. The zero-order valence-corrected chi connectivity index (χ0v) is 15.5. The van der Waals surface area contributed by atoms with Gasteiger partial charge in [0.15, 0.2) is 0 Å². The van der Waals surface area contributed by atoms with Crippen molar-refractivity contribution in [2.24, 2.45) is 0 Å². The van der Waals surface area contributed by atoms with Crippen LogP contribution in [0.3, 0.4) is 0 Å². The Balaban J connectivity index is 1.71. The van der Waals surface area contributed by atoms with Gasteiger partial charge in [-0.1, -0.05) is 6.42 Å². The number of pyridine rings is 1. The first-order valence-electron chi connectivity index (χ1n) is 8.12. The molecule has 0 aliphatic carbocycles. The van der Waals surface area contributed by atoms with Gasteiger partial charge in [0, 0.05) is 30.4 Å². The van der Waals surface area contributed by atoms with E-state index in [0.717, 1.165) is 29.1 Å². The molecule has 24 heavy (non-hydrogen) atoms. The Hall–Kier alpha value is -1.51. The van der Waals surface area contributed by atoms with Gasteiger partial charge in [0.05, 0.1) is 6.04 Å². The molecule has 0 bridgehead atoms. The highest BCUT2D eigenvalue weighted by Crippen LogP contribution is 2.24. The van der Waals surface area contributed by atoms with Crippen LogP contribution in [-0.4, -0.2) is 35.8 Å². The first-order chi connectivity index (χ1) is 11.5. The molecule has 1 fully saturated rings. The van der Waals surface area contributed by atoms with Crippen LogP contribution in [0.5, 0.6) is 0 Å². The van der Waals surface area contributed by atoms with Crippen LogP contribution in [0.4, 0.5) is 5.82 Å². The first-order valence-corrected chi connectivity index (χ1v) is 10.4. The molecule has 0 amide bonds. The molecule has 6 nitrogen and oxygen atoms in total. The lowest BCUT2D eigenvalue weighted by Crippen LogP contribution is -2.35. The molecular weight excluding hydrogens is 344 g/mol. The Labute approximate surface area is 147 Å². The zero-order valence-electron chi connectivity index (χ0n) is 13.9. The summed E-state index contributed by atoms with van der Waals surface area (Å²) in [5.74, 6) is 0.646. The van der Waals surface area contributed by atoms with E-state index in [1.54, 1.807) is 27.8 Å². The molecule has 0 saturated carbocycles. The van der Waals surface area contributed by atoms with Crippen molar-refractivity contribution in [1.29, 1.82) is 0 Å². The summed E-state index contributed by atoms with van der Waals surface area (Å²) in [5, 5.41) is 4.24. The molecule has 1 aliphatic heterocycles. The van der Waals surface area contributed by atoms with Crippen LogP contribution in [-0.2, 0) is 10.0 Å².